The fraction of sp³-hybridized carbons (Fsp3) is 0.818. The van der Waals surface area contributed by atoms with Crippen molar-refractivity contribution in [1.29, 1.82) is 0 Å². The molecule has 0 amide bonds. The molecule has 1 saturated heterocycles. The normalized spacial score (nSPS) is 29.3. The van der Waals surface area contributed by atoms with Crippen LogP contribution in [0.3, 0.4) is 0 Å². The summed E-state index contributed by atoms with van der Waals surface area (Å²) in [5.74, 6) is 5.71. The highest BCUT2D eigenvalue weighted by Gasteiger charge is 2.23. The van der Waals surface area contributed by atoms with Gasteiger partial charge in [0.25, 0.3) is 0 Å². The van der Waals surface area contributed by atoms with E-state index >= 15 is 0 Å². The Hall–Kier alpha value is -0.550. The molecule has 3 rings (SSSR count). The third kappa shape index (κ3) is 1.98. The van der Waals surface area contributed by atoms with Crippen molar-refractivity contribution in [3.8, 4) is 0 Å². The molecule has 0 bridgehead atoms. The SMILES string of the molecule is NC1CCn2c(nnc2CC2CCSC2)C1. The Morgan fingerprint density at radius 2 is 2.31 bits per heavy atom. The Labute approximate surface area is 100.0 Å². The van der Waals surface area contributed by atoms with Crippen molar-refractivity contribution in [1.82, 2.24) is 14.8 Å². The first-order valence-electron chi connectivity index (χ1n) is 6.07. The first-order valence-corrected chi connectivity index (χ1v) is 7.22. The number of fused-ring (bicyclic) bond motifs is 1. The zero-order valence-corrected chi connectivity index (χ0v) is 10.2. The van der Waals surface area contributed by atoms with Crippen molar-refractivity contribution in [2.45, 2.75) is 38.3 Å². The van der Waals surface area contributed by atoms with Crippen molar-refractivity contribution in [2.75, 3.05) is 11.5 Å². The highest BCUT2D eigenvalue weighted by atomic mass is 32.2. The minimum Gasteiger partial charge on any atom is -0.327 e. The van der Waals surface area contributed by atoms with E-state index in [0.717, 1.165) is 37.5 Å². The lowest BCUT2D eigenvalue weighted by Gasteiger charge is -2.20. The first-order chi connectivity index (χ1) is 7.83. The lowest BCUT2D eigenvalue weighted by molar-refractivity contribution is 0.444. The molecule has 0 saturated carbocycles. The molecule has 2 N–H and O–H groups in total. The molecule has 1 fully saturated rings. The summed E-state index contributed by atoms with van der Waals surface area (Å²) in [7, 11) is 0. The molecule has 88 valence electrons. The molecule has 2 unspecified atom stereocenters. The van der Waals surface area contributed by atoms with E-state index in [2.05, 4.69) is 26.5 Å². The highest BCUT2D eigenvalue weighted by molar-refractivity contribution is 7.99. The summed E-state index contributed by atoms with van der Waals surface area (Å²) in [6.07, 6.45) is 4.41. The molecule has 1 aromatic rings. The van der Waals surface area contributed by atoms with Gasteiger partial charge in [0.2, 0.25) is 0 Å². The molecular weight excluding hydrogens is 220 g/mol. The van der Waals surface area contributed by atoms with Gasteiger partial charge in [0, 0.05) is 25.4 Å². The largest absolute Gasteiger partial charge is 0.327 e. The van der Waals surface area contributed by atoms with Gasteiger partial charge in [-0.1, -0.05) is 0 Å². The third-order valence-corrected chi connectivity index (χ3v) is 4.80. The van der Waals surface area contributed by atoms with Crippen molar-refractivity contribution in [3.63, 3.8) is 0 Å². The fourth-order valence-electron chi connectivity index (χ4n) is 2.57. The molecule has 2 aliphatic heterocycles. The Bertz CT molecular complexity index is 370. The molecule has 0 aromatic carbocycles. The van der Waals surface area contributed by atoms with Crippen LogP contribution >= 0.6 is 11.8 Å². The zero-order valence-electron chi connectivity index (χ0n) is 9.43. The van der Waals surface area contributed by atoms with Gasteiger partial charge >= 0.3 is 0 Å². The van der Waals surface area contributed by atoms with Crippen LogP contribution in [0.4, 0.5) is 0 Å². The number of hydrogen-bond donors (Lipinski definition) is 1. The maximum absolute atomic E-state index is 5.94. The van der Waals surface area contributed by atoms with Crippen LogP contribution in [0.1, 0.15) is 24.5 Å². The Kier molecular flexibility index (Phi) is 2.90. The molecule has 0 aliphatic carbocycles. The van der Waals surface area contributed by atoms with Gasteiger partial charge in [0.1, 0.15) is 11.6 Å². The number of hydrogen-bond acceptors (Lipinski definition) is 4. The summed E-state index contributed by atoms with van der Waals surface area (Å²) in [6, 6.07) is 0.284. The second-order valence-electron chi connectivity index (χ2n) is 4.87. The summed E-state index contributed by atoms with van der Waals surface area (Å²) >= 11 is 2.06. The second-order valence-corrected chi connectivity index (χ2v) is 6.02. The summed E-state index contributed by atoms with van der Waals surface area (Å²) in [5.41, 5.74) is 5.94. The van der Waals surface area contributed by atoms with Crippen LogP contribution < -0.4 is 5.73 Å². The minimum atomic E-state index is 0.284. The summed E-state index contributed by atoms with van der Waals surface area (Å²) in [4.78, 5) is 0. The van der Waals surface area contributed by atoms with Gasteiger partial charge in [-0.3, -0.25) is 0 Å². The number of nitrogens with two attached hydrogens (primary N) is 1. The van der Waals surface area contributed by atoms with E-state index in [1.807, 2.05) is 0 Å². The third-order valence-electron chi connectivity index (χ3n) is 3.57. The Balaban J connectivity index is 1.75. The topological polar surface area (TPSA) is 56.7 Å². The summed E-state index contributed by atoms with van der Waals surface area (Å²) < 4.78 is 2.30. The number of rotatable bonds is 2. The van der Waals surface area contributed by atoms with Crippen molar-refractivity contribution >= 4 is 11.8 Å². The molecule has 0 spiro atoms. The van der Waals surface area contributed by atoms with Gasteiger partial charge in [-0.15, -0.1) is 10.2 Å². The molecular formula is C11H18N4S. The van der Waals surface area contributed by atoms with Crippen LogP contribution in [0.15, 0.2) is 0 Å². The smallest absolute Gasteiger partial charge is 0.134 e. The number of nitrogens with zero attached hydrogens (tertiary/aromatic N) is 3. The van der Waals surface area contributed by atoms with Crippen LogP contribution in [-0.2, 0) is 19.4 Å². The van der Waals surface area contributed by atoms with Gasteiger partial charge in [0.05, 0.1) is 0 Å². The maximum atomic E-state index is 5.94. The van der Waals surface area contributed by atoms with E-state index in [1.54, 1.807) is 0 Å². The average Bonchev–Trinajstić information content (AvgIpc) is 2.89. The Morgan fingerprint density at radius 1 is 1.38 bits per heavy atom. The fourth-order valence-corrected chi connectivity index (χ4v) is 3.85. The van der Waals surface area contributed by atoms with Gasteiger partial charge < -0.3 is 10.3 Å². The predicted molar refractivity (Wildman–Crippen MR) is 65.5 cm³/mol. The maximum Gasteiger partial charge on any atom is 0.134 e. The van der Waals surface area contributed by atoms with Gasteiger partial charge in [-0.25, -0.2) is 0 Å². The van der Waals surface area contributed by atoms with E-state index < -0.39 is 0 Å². The van der Waals surface area contributed by atoms with Crippen molar-refractivity contribution in [3.05, 3.63) is 11.6 Å². The van der Waals surface area contributed by atoms with E-state index in [9.17, 15) is 0 Å². The predicted octanol–water partition coefficient (Wildman–Crippen LogP) is 0.847. The van der Waals surface area contributed by atoms with Gasteiger partial charge in [0.15, 0.2) is 0 Å². The summed E-state index contributed by atoms with van der Waals surface area (Å²) in [6.45, 7) is 1.01. The van der Waals surface area contributed by atoms with Crippen molar-refractivity contribution in [2.24, 2.45) is 11.7 Å². The molecule has 3 heterocycles. The van der Waals surface area contributed by atoms with Crippen LogP contribution in [0.2, 0.25) is 0 Å². The van der Waals surface area contributed by atoms with E-state index in [1.165, 1.54) is 23.8 Å². The highest BCUT2D eigenvalue weighted by Crippen LogP contribution is 2.27. The monoisotopic (exact) mass is 238 g/mol. The molecule has 4 nitrogen and oxygen atoms in total. The van der Waals surface area contributed by atoms with E-state index in [-0.39, 0.29) is 6.04 Å². The average molecular weight is 238 g/mol. The first kappa shape index (κ1) is 10.6. The molecule has 1 aromatic heterocycles. The second kappa shape index (κ2) is 4.37. The lowest BCUT2D eigenvalue weighted by atomic mass is 10.0. The molecule has 2 aliphatic rings. The quantitative estimate of drug-likeness (QED) is 0.830. The zero-order chi connectivity index (χ0) is 11.0. The van der Waals surface area contributed by atoms with Gasteiger partial charge in [-0.2, -0.15) is 11.8 Å². The van der Waals surface area contributed by atoms with Crippen LogP contribution in [-0.4, -0.2) is 32.3 Å². The minimum absolute atomic E-state index is 0.284. The van der Waals surface area contributed by atoms with Crippen LogP contribution in [0, 0.1) is 5.92 Å². The van der Waals surface area contributed by atoms with Crippen molar-refractivity contribution < 1.29 is 0 Å². The molecule has 0 radical (unpaired) electrons. The van der Waals surface area contributed by atoms with E-state index in [0.29, 0.717) is 0 Å². The standard InChI is InChI=1S/C11H18N4S/c12-9-1-3-15-10(13-14-11(15)6-9)5-8-2-4-16-7-8/h8-9H,1-7,12H2. The number of aromatic nitrogens is 3. The van der Waals surface area contributed by atoms with Crippen LogP contribution in [0.25, 0.3) is 0 Å². The van der Waals surface area contributed by atoms with Gasteiger partial charge in [-0.05, 0) is 30.3 Å². The molecule has 2 atom stereocenters. The number of thioether (sulfide) groups is 1. The molecule has 16 heavy (non-hydrogen) atoms. The molecule has 5 heteroatoms. The van der Waals surface area contributed by atoms with E-state index in [4.69, 9.17) is 5.73 Å². The lowest BCUT2D eigenvalue weighted by Crippen LogP contribution is -2.31. The Morgan fingerprint density at radius 3 is 3.12 bits per heavy atom. The summed E-state index contributed by atoms with van der Waals surface area (Å²) in [5, 5.41) is 8.62. The van der Waals surface area contributed by atoms with Crippen LogP contribution in [0.5, 0.6) is 0 Å².